The van der Waals surface area contributed by atoms with Crippen LogP contribution in [0.5, 0.6) is 0 Å². The van der Waals surface area contributed by atoms with Crippen LogP contribution in [0.1, 0.15) is 51.9 Å². The summed E-state index contributed by atoms with van der Waals surface area (Å²) in [6.07, 6.45) is 15.2. The van der Waals surface area contributed by atoms with Crippen molar-refractivity contribution in [3.63, 3.8) is 0 Å². The van der Waals surface area contributed by atoms with Crippen LogP contribution < -0.4 is 5.32 Å². The van der Waals surface area contributed by atoms with Gasteiger partial charge in [-0.3, -0.25) is 0 Å². The first-order chi connectivity index (χ1) is 6.41. The Morgan fingerprint density at radius 1 is 1.08 bits per heavy atom. The molecule has 1 N–H and O–H groups in total. The lowest BCUT2D eigenvalue weighted by Crippen LogP contribution is -1.88. The molecule has 0 radical (unpaired) electrons. The lowest BCUT2D eigenvalue weighted by Gasteiger charge is -1.97. The zero-order valence-corrected chi connectivity index (χ0v) is 8.89. The molecule has 0 saturated carbocycles. The van der Waals surface area contributed by atoms with Gasteiger partial charge in [-0.2, -0.15) is 0 Å². The zero-order valence-electron chi connectivity index (χ0n) is 8.89. The van der Waals surface area contributed by atoms with Gasteiger partial charge in [-0.25, -0.2) is 0 Å². The third kappa shape index (κ3) is 11.3. The summed E-state index contributed by atoms with van der Waals surface area (Å²) in [6, 6.07) is 0. The van der Waals surface area contributed by atoms with Crippen LogP contribution in [0.25, 0.3) is 0 Å². The van der Waals surface area contributed by atoms with Gasteiger partial charge in [0.2, 0.25) is 0 Å². The molecular weight excluding hydrogens is 158 g/mol. The topological polar surface area (TPSA) is 12.0 Å². The van der Waals surface area contributed by atoms with E-state index in [4.69, 9.17) is 0 Å². The Labute approximate surface area is 82.9 Å². The molecule has 1 heteroatoms. The Morgan fingerprint density at radius 2 is 1.77 bits per heavy atom. The molecule has 0 rings (SSSR count). The normalized spacial score (nSPS) is 10.5. The molecule has 0 aliphatic rings. The second kappa shape index (κ2) is 11.3. The first-order valence-electron chi connectivity index (χ1n) is 5.43. The van der Waals surface area contributed by atoms with Crippen LogP contribution in [-0.4, -0.2) is 0 Å². The Kier molecular flexibility index (Phi) is 10.7. The van der Waals surface area contributed by atoms with E-state index in [0.29, 0.717) is 0 Å². The Bertz CT molecular complexity index is 127. The fourth-order valence-electron chi connectivity index (χ4n) is 1.26. The van der Waals surface area contributed by atoms with Gasteiger partial charge in [0.05, 0.1) is 0 Å². The SMILES string of the molecule is C=CNC=CCCCCCCCC. The second-order valence-electron chi connectivity index (χ2n) is 3.33. The molecule has 0 aliphatic heterocycles. The highest BCUT2D eigenvalue weighted by Gasteiger charge is 1.87. The molecule has 0 atom stereocenters. The Morgan fingerprint density at radius 3 is 2.46 bits per heavy atom. The minimum Gasteiger partial charge on any atom is -0.369 e. The van der Waals surface area contributed by atoms with Gasteiger partial charge in [0.1, 0.15) is 0 Å². The van der Waals surface area contributed by atoms with E-state index in [1.807, 2.05) is 6.20 Å². The van der Waals surface area contributed by atoms with Crippen molar-refractivity contribution in [3.05, 3.63) is 25.1 Å². The highest BCUT2D eigenvalue weighted by Crippen LogP contribution is 2.06. The van der Waals surface area contributed by atoms with Crippen molar-refractivity contribution in [1.29, 1.82) is 0 Å². The molecule has 1 nitrogen and oxygen atoms in total. The highest BCUT2D eigenvalue weighted by atomic mass is 14.8. The van der Waals surface area contributed by atoms with Gasteiger partial charge in [-0.1, -0.05) is 51.7 Å². The molecule has 0 heterocycles. The maximum absolute atomic E-state index is 3.57. The number of nitrogens with one attached hydrogen (secondary N) is 1. The van der Waals surface area contributed by atoms with Gasteiger partial charge in [0, 0.05) is 0 Å². The molecule has 0 spiro atoms. The summed E-state index contributed by atoms with van der Waals surface area (Å²) >= 11 is 0. The van der Waals surface area contributed by atoms with Crippen molar-refractivity contribution >= 4 is 0 Å². The first-order valence-corrected chi connectivity index (χ1v) is 5.43. The molecule has 0 aliphatic carbocycles. The predicted molar refractivity (Wildman–Crippen MR) is 60.5 cm³/mol. The summed E-state index contributed by atoms with van der Waals surface area (Å²) in [5.41, 5.74) is 0. The van der Waals surface area contributed by atoms with E-state index < -0.39 is 0 Å². The molecule has 0 saturated heterocycles. The van der Waals surface area contributed by atoms with E-state index in [2.05, 4.69) is 24.9 Å². The van der Waals surface area contributed by atoms with Crippen molar-refractivity contribution < 1.29 is 0 Å². The van der Waals surface area contributed by atoms with E-state index in [-0.39, 0.29) is 0 Å². The average Bonchev–Trinajstić information content (AvgIpc) is 2.16. The number of unbranched alkanes of at least 4 members (excludes halogenated alkanes) is 6. The molecule has 76 valence electrons. The summed E-state index contributed by atoms with van der Waals surface area (Å²) in [5, 5.41) is 2.94. The van der Waals surface area contributed by atoms with Crippen LogP contribution in [0.4, 0.5) is 0 Å². The Hall–Kier alpha value is -0.720. The summed E-state index contributed by atoms with van der Waals surface area (Å²) < 4.78 is 0. The summed E-state index contributed by atoms with van der Waals surface area (Å²) in [4.78, 5) is 0. The average molecular weight is 181 g/mol. The third-order valence-electron chi connectivity index (χ3n) is 2.06. The van der Waals surface area contributed by atoms with Gasteiger partial charge in [-0.15, -0.1) is 0 Å². The largest absolute Gasteiger partial charge is 0.369 e. The quantitative estimate of drug-likeness (QED) is 0.530. The first kappa shape index (κ1) is 12.3. The fraction of sp³-hybridized carbons (Fsp3) is 0.667. The smallest absolute Gasteiger partial charge is 0.00359 e. The van der Waals surface area contributed by atoms with Gasteiger partial charge in [0.15, 0.2) is 0 Å². The highest BCUT2D eigenvalue weighted by molar-refractivity contribution is 4.83. The standard InChI is InChI=1S/C12H23N/c1-3-5-6-7-8-9-10-11-12-13-4-2/h4,11-13H,2-3,5-10H2,1H3. The van der Waals surface area contributed by atoms with Gasteiger partial charge < -0.3 is 5.32 Å². The van der Waals surface area contributed by atoms with Gasteiger partial charge in [-0.05, 0) is 25.2 Å². The summed E-state index contributed by atoms with van der Waals surface area (Å²) in [5.74, 6) is 0. The van der Waals surface area contributed by atoms with Crippen LogP contribution in [0.15, 0.2) is 25.1 Å². The molecular formula is C12H23N. The minimum absolute atomic E-state index is 1.19. The van der Waals surface area contributed by atoms with Crippen molar-refractivity contribution in [3.8, 4) is 0 Å². The lowest BCUT2D eigenvalue weighted by atomic mass is 10.1. The molecule has 0 aromatic heterocycles. The van der Waals surface area contributed by atoms with Gasteiger partial charge >= 0.3 is 0 Å². The molecule has 13 heavy (non-hydrogen) atoms. The van der Waals surface area contributed by atoms with Crippen LogP contribution in [0.3, 0.4) is 0 Å². The molecule has 0 unspecified atom stereocenters. The molecule has 0 aromatic carbocycles. The molecule has 0 aromatic rings. The van der Waals surface area contributed by atoms with E-state index >= 15 is 0 Å². The van der Waals surface area contributed by atoms with Gasteiger partial charge in [0.25, 0.3) is 0 Å². The maximum atomic E-state index is 3.57. The Balaban J connectivity index is 2.94. The third-order valence-corrected chi connectivity index (χ3v) is 2.06. The van der Waals surface area contributed by atoms with Crippen LogP contribution in [0.2, 0.25) is 0 Å². The lowest BCUT2D eigenvalue weighted by molar-refractivity contribution is 0.611. The number of rotatable bonds is 9. The predicted octanol–water partition coefficient (Wildman–Crippen LogP) is 3.98. The van der Waals surface area contributed by atoms with Crippen molar-refractivity contribution in [1.82, 2.24) is 5.32 Å². The fourth-order valence-corrected chi connectivity index (χ4v) is 1.26. The van der Waals surface area contributed by atoms with Crippen LogP contribution >= 0.6 is 0 Å². The number of hydrogen-bond donors (Lipinski definition) is 1. The number of allylic oxidation sites excluding steroid dienone is 1. The minimum atomic E-state index is 1.19. The molecule has 0 bridgehead atoms. The van der Waals surface area contributed by atoms with Crippen LogP contribution in [-0.2, 0) is 0 Å². The van der Waals surface area contributed by atoms with Crippen molar-refractivity contribution in [2.75, 3.05) is 0 Å². The molecule has 0 fully saturated rings. The summed E-state index contributed by atoms with van der Waals surface area (Å²) in [6.45, 7) is 5.82. The van der Waals surface area contributed by atoms with E-state index in [1.165, 1.54) is 44.9 Å². The van der Waals surface area contributed by atoms with Crippen LogP contribution in [0, 0.1) is 0 Å². The van der Waals surface area contributed by atoms with Crippen molar-refractivity contribution in [2.24, 2.45) is 0 Å². The monoisotopic (exact) mass is 181 g/mol. The van der Waals surface area contributed by atoms with E-state index in [1.54, 1.807) is 6.20 Å². The second-order valence-corrected chi connectivity index (χ2v) is 3.33. The number of hydrogen-bond acceptors (Lipinski definition) is 1. The maximum Gasteiger partial charge on any atom is -0.00359 e. The van der Waals surface area contributed by atoms with E-state index in [9.17, 15) is 0 Å². The zero-order chi connectivity index (χ0) is 9.78. The summed E-state index contributed by atoms with van der Waals surface area (Å²) in [7, 11) is 0. The molecule has 0 amide bonds. The van der Waals surface area contributed by atoms with E-state index in [0.717, 1.165) is 0 Å². The van der Waals surface area contributed by atoms with Crippen molar-refractivity contribution in [2.45, 2.75) is 51.9 Å².